The second-order valence-electron chi connectivity index (χ2n) is 3.88. The van der Waals surface area contributed by atoms with E-state index in [-0.39, 0.29) is 0 Å². The van der Waals surface area contributed by atoms with E-state index in [2.05, 4.69) is 4.98 Å². The minimum Gasteiger partial charge on any atom is -0.497 e. The molecule has 0 fully saturated rings. The number of aliphatic hydroxyl groups excluding tert-OH is 1. The van der Waals surface area contributed by atoms with Gasteiger partial charge >= 0.3 is 0 Å². The molecule has 2 aromatic rings. The normalized spacial score (nSPS) is 11.9. The zero-order chi connectivity index (χ0) is 13.0. The van der Waals surface area contributed by atoms with Crippen LogP contribution in [-0.2, 0) is 0 Å². The highest BCUT2D eigenvalue weighted by atomic mass is 16.5. The number of hydrogen-bond acceptors (Lipinski definition) is 4. The largest absolute Gasteiger partial charge is 0.497 e. The van der Waals surface area contributed by atoms with Gasteiger partial charge < -0.3 is 14.6 Å². The molecular weight excluding hydrogens is 230 g/mol. The second kappa shape index (κ2) is 5.51. The minimum atomic E-state index is -0.573. The number of aliphatic hydroxyl groups is 1. The third kappa shape index (κ3) is 2.99. The smallest absolute Gasteiger partial charge is 0.145 e. The van der Waals surface area contributed by atoms with Crippen molar-refractivity contribution in [1.29, 1.82) is 0 Å². The number of benzene rings is 1. The van der Waals surface area contributed by atoms with Crippen molar-refractivity contribution in [2.45, 2.75) is 13.0 Å². The van der Waals surface area contributed by atoms with Crippen LogP contribution in [0.2, 0.25) is 0 Å². The molecule has 1 heterocycles. The molecule has 94 valence electrons. The fourth-order valence-electron chi connectivity index (χ4n) is 1.50. The minimum absolute atomic E-state index is 0.573. The van der Waals surface area contributed by atoms with Gasteiger partial charge in [-0.2, -0.15) is 0 Å². The van der Waals surface area contributed by atoms with Gasteiger partial charge in [0, 0.05) is 6.07 Å². The molecular formula is C14H15NO3. The Morgan fingerprint density at radius 2 is 1.89 bits per heavy atom. The first-order chi connectivity index (χ1) is 8.69. The van der Waals surface area contributed by atoms with Crippen LogP contribution in [0.15, 0.2) is 42.6 Å². The molecule has 1 atom stereocenters. The molecule has 1 aromatic heterocycles. The van der Waals surface area contributed by atoms with Crippen LogP contribution in [0.4, 0.5) is 0 Å². The Labute approximate surface area is 106 Å². The molecule has 1 aromatic carbocycles. The topological polar surface area (TPSA) is 51.6 Å². The summed E-state index contributed by atoms with van der Waals surface area (Å²) in [5.41, 5.74) is 0.619. The van der Waals surface area contributed by atoms with E-state index in [9.17, 15) is 5.11 Å². The maximum Gasteiger partial charge on any atom is 0.145 e. The monoisotopic (exact) mass is 245 g/mol. The summed E-state index contributed by atoms with van der Waals surface area (Å²) in [5, 5.41) is 9.35. The maximum absolute atomic E-state index is 9.35. The molecule has 0 amide bonds. The van der Waals surface area contributed by atoms with Gasteiger partial charge in [-0.1, -0.05) is 6.07 Å². The molecule has 0 radical (unpaired) electrons. The van der Waals surface area contributed by atoms with Crippen molar-refractivity contribution in [1.82, 2.24) is 4.98 Å². The lowest BCUT2D eigenvalue weighted by molar-refractivity contribution is 0.194. The fourth-order valence-corrected chi connectivity index (χ4v) is 1.50. The van der Waals surface area contributed by atoms with E-state index in [4.69, 9.17) is 9.47 Å². The van der Waals surface area contributed by atoms with Crippen molar-refractivity contribution in [3.63, 3.8) is 0 Å². The van der Waals surface area contributed by atoms with Gasteiger partial charge in [0.05, 0.1) is 25.1 Å². The maximum atomic E-state index is 9.35. The van der Waals surface area contributed by atoms with Crippen molar-refractivity contribution in [3.8, 4) is 17.2 Å². The van der Waals surface area contributed by atoms with Gasteiger partial charge in [-0.15, -0.1) is 0 Å². The zero-order valence-electron chi connectivity index (χ0n) is 10.3. The lowest BCUT2D eigenvalue weighted by Crippen LogP contribution is -1.95. The molecule has 4 heteroatoms. The average Bonchev–Trinajstić information content (AvgIpc) is 2.39. The Kier molecular flexibility index (Phi) is 3.79. The number of aromatic nitrogens is 1. The second-order valence-corrected chi connectivity index (χ2v) is 3.88. The lowest BCUT2D eigenvalue weighted by atomic mass is 10.2. The Morgan fingerprint density at radius 1 is 1.11 bits per heavy atom. The average molecular weight is 245 g/mol. The predicted octanol–water partition coefficient (Wildman–Crippen LogP) is 2.94. The van der Waals surface area contributed by atoms with E-state index in [0.29, 0.717) is 17.2 Å². The summed E-state index contributed by atoms with van der Waals surface area (Å²) in [6, 6.07) is 10.8. The van der Waals surface area contributed by atoms with E-state index < -0.39 is 6.10 Å². The molecule has 0 bridgehead atoms. The van der Waals surface area contributed by atoms with Gasteiger partial charge in [-0.3, -0.25) is 4.98 Å². The fraction of sp³-hybridized carbons (Fsp3) is 0.214. The summed E-state index contributed by atoms with van der Waals surface area (Å²) in [7, 11) is 1.61. The van der Waals surface area contributed by atoms with Crippen LogP contribution in [0, 0.1) is 0 Å². The molecule has 0 spiro atoms. The summed E-state index contributed by atoms with van der Waals surface area (Å²) < 4.78 is 10.7. The van der Waals surface area contributed by atoms with Gasteiger partial charge in [0.2, 0.25) is 0 Å². The number of ether oxygens (including phenoxy) is 2. The highest BCUT2D eigenvalue weighted by Gasteiger charge is 2.03. The molecule has 1 N–H and O–H groups in total. The number of rotatable bonds is 4. The molecule has 0 aliphatic carbocycles. The van der Waals surface area contributed by atoms with Gasteiger partial charge in [-0.05, 0) is 31.2 Å². The van der Waals surface area contributed by atoms with Gasteiger partial charge in [0.25, 0.3) is 0 Å². The quantitative estimate of drug-likeness (QED) is 0.899. The van der Waals surface area contributed by atoms with Crippen LogP contribution in [0.1, 0.15) is 18.7 Å². The van der Waals surface area contributed by atoms with E-state index in [1.807, 2.05) is 18.2 Å². The van der Waals surface area contributed by atoms with Crippen LogP contribution < -0.4 is 9.47 Å². The van der Waals surface area contributed by atoms with Gasteiger partial charge in [0.15, 0.2) is 0 Å². The van der Waals surface area contributed by atoms with Gasteiger partial charge in [-0.25, -0.2) is 0 Å². The Balaban J connectivity index is 2.13. The predicted molar refractivity (Wildman–Crippen MR) is 67.9 cm³/mol. The number of hydrogen-bond donors (Lipinski definition) is 1. The third-order valence-electron chi connectivity index (χ3n) is 2.46. The van der Waals surface area contributed by atoms with E-state index >= 15 is 0 Å². The molecule has 0 aliphatic rings. The van der Waals surface area contributed by atoms with Crippen molar-refractivity contribution in [2.24, 2.45) is 0 Å². The van der Waals surface area contributed by atoms with E-state index in [1.165, 1.54) is 0 Å². The van der Waals surface area contributed by atoms with E-state index in [1.54, 1.807) is 38.4 Å². The summed E-state index contributed by atoms with van der Waals surface area (Å²) in [6.45, 7) is 1.67. The number of nitrogens with zero attached hydrogens (tertiary/aromatic N) is 1. The highest BCUT2D eigenvalue weighted by molar-refractivity contribution is 5.36. The van der Waals surface area contributed by atoms with Gasteiger partial charge in [0.1, 0.15) is 17.2 Å². The van der Waals surface area contributed by atoms with E-state index in [0.717, 1.165) is 5.75 Å². The van der Waals surface area contributed by atoms with Crippen molar-refractivity contribution < 1.29 is 14.6 Å². The van der Waals surface area contributed by atoms with Crippen LogP contribution in [0.5, 0.6) is 17.2 Å². The standard InChI is InChI=1S/C14H15NO3/c1-10(16)14-7-6-13(9-15-14)18-12-5-3-4-11(8-12)17-2/h3-10,16H,1-2H3. The van der Waals surface area contributed by atoms with Crippen molar-refractivity contribution in [3.05, 3.63) is 48.3 Å². The summed E-state index contributed by atoms with van der Waals surface area (Å²) in [4.78, 5) is 4.11. The first-order valence-electron chi connectivity index (χ1n) is 5.65. The van der Waals surface area contributed by atoms with Crippen molar-refractivity contribution in [2.75, 3.05) is 7.11 Å². The molecule has 2 rings (SSSR count). The summed E-state index contributed by atoms with van der Waals surface area (Å²) in [6.07, 6.45) is 1.01. The van der Waals surface area contributed by atoms with Crippen LogP contribution in [-0.4, -0.2) is 17.2 Å². The first kappa shape index (κ1) is 12.4. The van der Waals surface area contributed by atoms with Crippen LogP contribution >= 0.6 is 0 Å². The Bertz CT molecular complexity index is 509. The SMILES string of the molecule is COc1cccc(Oc2ccc(C(C)O)nc2)c1. The van der Waals surface area contributed by atoms with Crippen molar-refractivity contribution >= 4 is 0 Å². The molecule has 0 saturated heterocycles. The Hall–Kier alpha value is -2.07. The molecule has 0 aliphatic heterocycles. The number of methoxy groups -OCH3 is 1. The number of pyridine rings is 1. The van der Waals surface area contributed by atoms with Crippen LogP contribution in [0.25, 0.3) is 0 Å². The molecule has 4 nitrogen and oxygen atoms in total. The molecule has 1 unspecified atom stereocenters. The zero-order valence-corrected chi connectivity index (χ0v) is 10.3. The van der Waals surface area contributed by atoms with Crippen LogP contribution in [0.3, 0.4) is 0 Å². The summed E-state index contributed by atoms with van der Waals surface area (Å²) >= 11 is 0. The lowest BCUT2D eigenvalue weighted by Gasteiger charge is -2.08. The third-order valence-corrected chi connectivity index (χ3v) is 2.46. The Morgan fingerprint density at radius 3 is 2.50 bits per heavy atom. The highest BCUT2D eigenvalue weighted by Crippen LogP contribution is 2.25. The molecule has 0 saturated carbocycles. The molecule has 18 heavy (non-hydrogen) atoms. The first-order valence-corrected chi connectivity index (χ1v) is 5.65. The summed E-state index contributed by atoms with van der Waals surface area (Å²) in [5.74, 6) is 2.04.